The first-order valence-electron chi connectivity index (χ1n) is 11.0. The molecule has 0 bridgehead atoms. The van der Waals surface area contributed by atoms with Crippen LogP contribution in [0.25, 0.3) is 5.76 Å². The van der Waals surface area contributed by atoms with Crippen LogP contribution in [0.15, 0.2) is 83.5 Å². The highest BCUT2D eigenvalue weighted by molar-refractivity contribution is 6.46. The maximum absolute atomic E-state index is 13.2. The van der Waals surface area contributed by atoms with Crippen LogP contribution in [0.2, 0.25) is 5.02 Å². The van der Waals surface area contributed by atoms with Crippen LogP contribution in [0.3, 0.4) is 0 Å². The highest BCUT2D eigenvalue weighted by Crippen LogP contribution is 2.42. The molecule has 1 unspecified atom stereocenters. The zero-order valence-corrected chi connectivity index (χ0v) is 19.8. The van der Waals surface area contributed by atoms with Crippen LogP contribution in [0.1, 0.15) is 29.9 Å². The van der Waals surface area contributed by atoms with Crippen molar-refractivity contribution in [2.24, 2.45) is 0 Å². The number of nitrogens with zero attached hydrogens (tertiary/aromatic N) is 1. The fourth-order valence-corrected chi connectivity index (χ4v) is 4.08. The Morgan fingerprint density at radius 3 is 2.57 bits per heavy atom. The van der Waals surface area contributed by atoms with E-state index in [9.17, 15) is 14.7 Å². The van der Waals surface area contributed by atoms with Crippen molar-refractivity contribution in [1.82, 2.24) is 4.90 Å². The third-order valence-corrected chi connectivity index (χ3v) is 5.76. The zero-order chi connectivity index (χ0) is 24.9. The summed E-state index contributed by atoms with van der Waals surface area (Å²) in [6, 6.07) is 14.1. The van der Waals surface area contributed by atoms with Crippen LogP contribution in [0, 0.1) is 0 Å². The summed E-state index contributed by atoms with van der Waals surface area (Å²) in [6.45, 7) is 6.20. The second-order valence-electron chi connectivity index (χ2n) is 7.75. The smallest absolute Gasteiger partial charge is 0.296 e. The lowest BCUT2D eigenvalue weighted by molar-refractivity contribution is -0.140. The number of hydrogen-bond donors (Lipinski definition) is 1. The number of carbonyl (C=O) groups is 2. The third-order valence-electron chi connectivity index (χ3n) is 5.50. The van der Waals surface area contributed by atoms with E-state index in [1.807, 2.05) is 6.92 Å². The van der Waals surface area contributed by atoms with Gasteiger partial charge in [0.2, 0.25) is 0 Å². The maximum atomic E-state index is 13.2. The minimum Gasteiger partial charge on any atom is -0.507 e. The number of aliphatic hydroxyl groups is 1. The Bertz CT molecular complexity index is 1260. The van der Waals surface area contributed by atoms with Crippen LogP contribution in [0.5, 0.6) is 11.5 Å². The van der Waals surface area contributed by atoms with Gasteiger partial charge >= 0.3 is 0 Å². The number of carbonyl (C=O) groups excluding carboxylic acids is 2. The summed E-state index contributed by atoms with van der Waals surface area (Å²) >= 11 is 5.98. The van der Waals surface area contributed by atoms with E-state index in [-0.39, 0.29) is 24.5 Å². The first-order chi connectivity index (χ1) is 16.9. The predicted octanol–water partition coefficient (Wildman–Crippen LogP) is 5.52. The first-order valence-corrected chi connectivity index (χ1v) is 11.4. The van der Waals surface area contributed by atoms with Crippen molar-refractivity contribution in [2.45, 2.75) is 19.5 Å². The average Bonchev–Trinajstić information content (AvgIpc) is 3.46. The zero-order valence-electron chi connectivity index (χ0n) is 19.1. The number of hydrogen-bond acceptors (Lipinski definition) is 6. The summed E-state index contributed by atoms with van der Waals surface area (Å²) < 4.78 is 16.9. The molecule has 1 N–H and O–H groups in total. The summed E-state index contributed by atoms with van der Waals surface area (Å²) in [5, 5.41) is 11.6. The van der Waals surface area contributed by atoms with E-state index in [0.29, 0.717) is 40.0 Å². The van der Waals surface area contributed by atoms with Gasteiger partial charge in [0.15, 0.2) is 11.5 Å². The normalized spacial score (nSPS) is 17.0. The van der Waals surface area contributed by atoms with Crippen LogP contribution >= 0.6 is 11.6 Å². The molecule has 3 aromatic rings. The SMILES string of the molecule is C=CCOc1ccc(C2C(=C(O)c3ccc(Cl)cc3)C(=O)C(=O)N2Cc2ccco2)cc1OCC. The van der Waals surface area contributed by atoms with Gasteiger partial charge in [-0.1, -0.05) is 30.3 Å². The Balaban J connectivity index is 1.86. The number of amides is 1. The van der Waals surface area contributed by atoms with E-state index >= 15 is 0 Å². The standard InChI is InChI=1S/C27H24ClNO6/c1-3-13-35-21-12-9-18(15-22(21)33-4-2)24-23(25(30)17-7-10-19(28)11-8-17)26(31)27(32)29(24)16-20-6-5-14-34-20/h3,5-12,14-15,24,30H,1,4,13,16H2,2H3. The van der Waals surface area contributed by atoms with Crippen LogP contribution < -0.4 is 9.47 Å². The fraction of sp³-hybridized carbons (Fsp3) is 0.185. The summed E-state index contributed by atoms with van der Waals surface area (Å²) in [5.74, 6) is -0.389. The van der Waals surface area contributed by atoms with Gasteiger partial charge in [0, 0.05) is 10.6 Å². The van der Waals surface area contributed by atoms with Gasteiger partial charge in [-0.25, -0.2) is 0 Å². The number of rotatable bonds is 9. The van der Waals surface area contributed by atoms with E-state index in [2.05, 4.69) is 6.58 Å². The predicted molar refractivity (Wildman–Crippen MR) is 131 cm³/mol. The molecular weight excluding hydrogens is 470 g/mol. The van der Waals surface area contributed by atoms with Gasteiger partial charge < -0.3 is 23.9 Å². The van der Waals surface area contributed by atoms with E-state index in [1.165, 1.54) is 11.2 Å². The Labute approximate surface area is 207 Å². The van der Waals surface area contributed by atoms with Crippen LogP contribution in [-0.2, 0) is 16.1 Å². The summed E-state index contributed by atoms with van der Waals surface area (Å²) in [6.07, 6.45) is 3.11. The van der Waals surface area contributed by atoms with Crippen molar-refractivity contribution in [3.8, 4) is 11.5 Å². The van der Waals surface area contributed by atoms with Crippen LogP contribution in [-0.4, -0.2) is 34.9 Å². The van der Waals surface area contributed by atoms with Crippen molar-refractivity contribution < 1.29 is 28.6 Å². The molecule has 1 fully saturated rings. The molecule has 0 spiro atoms. The van der Waals surface area contributed by atoms with Crippen molar-refractivity contribution in [1.29, 1.82) is 0 Å². The lowest BCUT2D eigenvalue weighted by Crippen LogP contribution is -2.29. The molecule has 1 aromatic heterocycles. The van der Waals surface area contributed by atoms with Gasteiger partial charge in [0.05, 0.1) is 31.0 Å². The van der Waals surface area contributed by atoms with E-state index in [1.54, 1.807) is 60.7 Å². The molecule has 4 rings (SSSR count). The van der Waals surface area contributed by atoms with Gasteiger partial charge in [-0.05, 0) is 61.0 Å². The first kappa shape index (κ1) is 24.2. The second kappa shape index (κ2) is 10.5. The Hall–Kier alpha value is -3.97. The minimum absolute atomic E-state index is 0.0360. The van der Waals surface area contributed by atoms with Gasteiger partial charge in [-0.2, -0.15) is 0 Å². The summed E-state index contributed by atoms with van der Waals surface area (Å²) in [7, 11) is 0. The molecule has 0 saturated carbocycles. The maximum Gasteiger partial charge on any atom is 0.296 e. The van der Waals surface area contributed by atoms with Crippen molar-refractivity contribution in [3.63, 3.8) is 0 Å². The number of furan rings is 1. The lowest BCUT2D eigenvalue weighted by atomic mass is 9.95. The number of likely N-dealkylation sites (tertiary alicyclic amines) is 1. The average molecular weight is 494 g/mol. The van der Waals surface area contributed by atoms with E-state index in [4.69, 9.17) is 25.5 Å². The largest absolute Gasteiger partial charge is 0.507 e. The Morgan fingerprint density at radius 1 is 1.14 bits per heavy atom. The number of ether oxygens (including phenoxy) is 2. The Morgan fingerprint density at radius 2 is 1.91 bits per heavy atom. The molecule has 1 saturated heterocycles. The minimum atomic E-state index is -0.886. The number of Topliss-reactive ketones (excluding diaryl/α,β-unsaturated/α-hetero) is 1. The lowest BCUT2D eigenvalue weighted by Gasteiger charge is -2.25. The van der Waals surface area contributed by atoms with Gasteiger partial charge in [-0.3, -0.25) is 9.59 Å². The fourth-order valence-electron chi connectivity index (χ4n) is 3.95. The molecule has 2 heterocycles. The molecule has 0 radical (unpaired) electrons. The molecule has 35 heavy (non-hydrogen) atoms. The van der Waals surface area contributed by atoms with Crippen LogP contribution in [0.4, 0.5) is 0 Å². The molecule has 2 aromatic carbocycles. The van der Waals surface area contributed by atoms with Gasteiger partial charge in [0.25, 0.3) is 11.7 Å². The quantitative estimate of drug-likeness (QED) is 0.183. The topological polar surface area (TPSA) is 89.2 Å². The monoisotopic (exact) mass is 493 g/mol. The molecule has 0 aliphatic carbocycles. The number of halogens is 1. The molecule has 8 heteroatoms. The second-order valence-corrected chi connectivity index (χ2v) is 8.19. The van der Waals surface area contributed by atoms with Crippen molar-refractivity contribution in [2.75, 3.05) is 13.2 Å². The van der Waals surface area contributed by atoms with Crippen molar-refractivity contribution in [3.05, 3.63) is 101 Å². The molecule has 1 amide bonds. The molecular formula is C27H24ClNO6. The number of ketones is 1. The molecule has 1 atom stereocenters. The molecule has 180 valence electrons. The van der Waals surface area contributed by atoms with Crippen molar-refractivity contribution >= 4 is 29.1 Å². The summed E-state index contributed by atoms with van der Waals surface area (Å²) in [5.41, 5.74) is 0.901. The highest BCUT2D eigenvalue weighted by Gasteiger charge is 2.46. The highest BCUT2D eigenvalue weighted by atomic mass is 35.5. The van der Waals surface area contributed by atoms with E-state index < -0.39 is 17.7 Å². The van der Waals surface area contributed by atoms with E-state index in [0.717, 1.165) is 0 Å². The molecule has 1 aliphatic heterocycles. The van der Waals surface area contributed by atoms with Gasteiger partial charge in [-0.15, -0.1) is 0 Å². The third kappa shape index (κ3) is 4.95. The number of aliphatic hydroxyl groups excluding tert-OH is 1. The molecule has 1 aliphatic rings. The van der Waals surface area contributed by atoms with Gasteiger partial charge in [0.1, 0.15) is 18.1 Å². The Kier molecular flexibility index (Phi) is 7.27. The summed E-state index contributed by atoms with van der Waals surface area (Å²) in [4.78, 5) is 27.7. The molecule has 7 nitrogen and oxygen atoms in total. The number of benzene rings is 2.